The highest BCUT2D eigenvalue weighted by molar-refractivity contribution is 5.66. The number of hydrogen-bond donors (Lipinski definition) is 2. The Kier molecular flexibility index (Phi) is 5.82. The number of nitrogens with zero attached hydrogens (tertiary/aromatic N) is 1. The maximum absolute atomic E-state index is 10.4. The molecule has 2 N–H and O–H groups in total. The molecule has 1 aromatic carbocycles. The normalized spacial score (nSPS) is 12.7. The van der Waals surface area contributed by atoms with Crippen molar-refractivity contribution < 1.29 is 15.0 Å². The average Bonchev–Trinajstić information content (AvgIpc) is 2.26. The molecular weight excluding hydrogens is 230 g/mol. The lowest BCUT2D eigenvalue weighted by Crippen LogP contribution is -2.29. The minimum atomic E-state index is -0.865. The van der Waals surface area contributed by atoms with Gasteiger partial charge >= 0.3 is 5.97 Å². The number of aliphatic carboxylic acids is 1. The third-order valence-electron chi connectivity index (χ3n) is 2.75. The van der Waals surface area contributed by atoms with E-state index in [9.17, 15) is 9.90 Å². The predicted molar refractivity (Wildman–Crippen MR) is 70.4 cm³/mol. The van der Waals surface area contributed by atoms with E-state index >= 15 is 0 Å². The molecule has 0 aliphatic rings. The summed E-state index contributed by atoms with van der Waals surface area (Å²) < 4.78 is 0. The lowest BCUT2D eigenvalue weighted by molar-refractivity contribution is -0.137. The first-order chi connectivity index (χ1) is 8.47. The van der Waals surface area contributed by atoms with Crippen LogP contribution in [0, 0.1) is 6.92 Å². The van der Waals surface area contributed by atoms with Gasteiger partial charge in [0.15, 0.2) is 0 Å². The lowest BCUT2D eigenvalue weighted by Gasteiger charge is -2.20. The van der Waals surface area contributed by atoms with Crippen LogP contribution in [0.1, 0.15) is 24.0 Å². The highest BCUT2D eigenvalue weighted by atomic mass is 16.4. The van der Waals surface area contributed by atoms with E-state index in [2.05, 4.69) is 6.07 Å². The van der Waals surface area contributed by atoms with Crippen LogP contribution in [0.15, 0.2) is 24.3 Å². The molecule has 1 atom stereocenters. The Morgan fingerprint density at radius 3 is 2.78 bits per heavy atom. The van der Waals surface area contributed by atoms with Crippen LogP contribution in [0.4, 0.5) is 0 Å². The zero-order valence-corrected chi connectivity index (χ0v) is 11.0. The molecule has 0 aromatic heterocycles. The van der Waals surface area contributed by atoms with E-state index in [1.54, 1.807) is 0 Å². The minimum Gasteiger partial charge on any atom is -0.481 e. The van der Waals surface area contributed by atoms with Crippen molar-refractivity contribution in [3.05, 3.63) is 35.4 Å². The fourth-order valence-electron chi connectivity index (χ4n) is 1.93. The van der Waals surface area contributed by atoms with Gasteiger partial charge in [0, 0.05) is 19.5 Å². The molecule has 0 saturated heterocycles. The molecule has 0 fully saturated rings. The van der Waals surface area contributed by atoms with Crippen molar-refractivity contribution in [1.29, 1.82) is 0 Å². The van der Waals surface area contributed by atoms with Crippen LogP contribution in [-0.2, 0) is 11.3 Å². The Labute approximate surface area is 108 Å². The van der Waals surface area contributed by atoms with Gasteiger partial charge in [0.2, 0.25) is 0 Å². The molecule has 4 nitrogen and oxygen atoms in total. The molecule has 4 heteroatoms. The summed E-state index contributed by atoms with van der Waals surface area (Å²) in [7, 11) is 1.92. The van der Waals surface area contributed by atoms with Crippen molar-refractivity contribution in [2.24, 2.45) is 0 Å². The summed E-state index contributed by atoms with van der Waals surface area (Å²) in [5, 5.41) is 18.2. The molecular formula is C14H21NO3. The number of aryl methyl sites for hydroxylation is 1. The zero-order valence-electron chi connectivity index (χ0n) is 11.0. The molecule has 0 aliphatic heterocycles. The summed E-state index contributed by atoms with van der Waals surface area (Å²) in [5.74, 6) is -0.865. The van der Waals surface area contributed by atoms with Crippen molar-refractivity contribution in [3.63, 3.8) is 0 Å². The van der Waals surface area contributed by atoms with Gasteiger partial charge in [-0.25, -0.2) is 0 Å². The Bertz CT molecular complexity index is 392. The first-order valence-electron chi connectivity index (χ1n) is 6.11. The number of aliphatic hydroxyl groups is 1. The van der Waals surface area contributed by atoms with Crippen molar-refractivity contribution in [1.82, 2.24) is 4.90 Å². The SMILES string of the molecule is Cc1cccc(CN(C)CC(O)CCC(=O)O)c1. The summed E-state index contributed by atoms with van der Waals surface area (Å²) >= 11 is 0. The lowest BCUT2D eigenvalue weighted by atomic mass is 10.1. The maximum atomic E-state index is 10.4. The largest absolute Gasteiger partial charge is 0.481 e. The summed E-state index contributed by atoms with van der Waals surface area (Å²) in [6.45, 7) is 3.29. The molecule has 1 rings (SSSR count). The van der Waals surface area contributed by atoms with Crippen LogP contribution >= 0.6 is 0 Å². The van der Waals surface area contributed by atoms with Gasteiger partial charge in [0.1, 0.15) is 0 Å². The summed E-state index contributed by atoms with van der Waals surface area (Å²) in [5.41, 5.74) is 2.41. The Morgan fingerprint density at radius 2 is 2.17 bits per heavy atom. The van der Waals surface area contributed by atoms with Gasteiger partial charge < -0.3 is 10.2 Å². The second kappa shape index (κ2) is 7.13. The summed E-state index contributed by atoms with van der Waals surface area (Å²) in [6, 6.07) is 8.22. The number of rotatable bonds is 7. The fraction of sp³-hybridized carbons (Fsp3) is 0.500. The Morgan fingerprint density at radius 1 is 1.44 bits per heavy atom. The standard InChI is InChI=1S/C14H21NO3/c1-11-4-3-5-12(8-11)9-15(2)10-13(16)6-7-14(17)18/h3-5,8,13,16H,6-7,9-10H2,1-2H3,(H,17,18). The number of carboxylic acid groups (broad SMARTS) is 1. The fourth-order valence-corrected chi connectivity index (χ4v) is 1.93. The molecule has 1 aromatic rings. The van der Waals surface area contributed by atoms with Gasteiger partial charge in [-0.3, -0.25) is 9.69 Å². The van der Waals surface area contributed by atoms with E-state index in [1.807, 2.05) is 37.1 Å². The van der Waals surface area contributed by atoms with Gasteiger partial charge in [0.25, 0.3) is 0 Å². The molecule has 1 unspecified atom stereocenters. The molecule has 0 amide bonds. The van der Waals surface area contributed by atoms with E-state index in [0.717, 1.165) is 6.54 Å². The van der Waals surface area contributed by atoms with Crippen LogP contribution in [0.3, 0.4) is 0 Å². The smallest absolute Gasteiger partial charge is 0.303 e. The monoisotopic (exact) mass is 251 g/mol. The van der Waals surface area contributed by atoms with E-state index in [-0.39, 0.29) is 6.42 Å². The highest BCUT2D eigenvalue weighted by Crippen LogP contribution is 2.08. The Balaban J connectivity index is 2.36. The van der Waals surface area contributed by atoms with Crippen LogP contribution < -0.4 is 0 Å². The number of benzene rings is 1. The van der Waals surface area contributed by atoms with Gasteiger partial charge in [-0.15, -0.1) is 0 Å². The van der Waals surface area contributed by atoms with Gasteiger partial charge in [-0.1, -0.05) is 29.8 Å². The van der Waals surface area contributed by atoms with E-state index in [1.165, 1.54) is 11.1 Å². The van der Waals surface area contributed by atoms with Gasteiger partial charge in [-0.05, 0) is 26.0 Å². The second-order valence-electron chi connectivity index (χ2n) is 4.77. The summed E-state index contributed by atoms with van der Waals surface area (Å²) in [6.07, 6.45) is -0.275. The Hall–Kier alpha value is -1.39. The third kappa shape index (κ3) is 5.80. The van der Waals surface area contributed by atoms with Crippen LogP contribution in [0.25, 0.3) is 0 Å². The average molecular weight is 251 g/mol. The number of carboxylic acids is 1. The van der Waals surface area contributed by atoms with E-state index in [4.69, 9.17) is 5.11 Å². The predicted octanol–water partition coefficient (Wildman–Crippen LogP) is 1.65. The van der Waals surface area contributed by atoms with Crippen molar-refractivity contribution in [2.45, 2.75) is 32.4 Å². The maximum Gasteiger partial charge on any atom is 0.303 e. The minimum absolute atomic E-state index is 0.0133. The summed E-state index contributed by atoms with van der Waals surface area (Å²) in [4.78, 5) is 12.4. The molecule has 0 bridgehead atoms. The van der Waals surface area contributed by atoms with Crippen LogP contribution in [-0.4, -0.2) is 40.8 Å². The van der Waals surface area contributed by atoms with Crippen molar-refractivity contribution >= 4 is 5.97 Å². The molecule has 100 valence electrons. The number of hydrogen-bond acceptors (Lipinski definition) is 3. The van der Waals surface area contributed by atoms with Crippen molar-refractivity contribution in [3.8, 4) is 0 Å². The van der Waals surface area contributed by atoms with Crippen LogP contribution in [0.5, 0.6) is 0 Å². The first kappa shape index (κ1) is 14.7. The molecule has 0 saturated carbocycles. The second-order valence-corrected chi connectivity index (χ2v) is 4.77. The van der Waals surface area contributed by atoms with Crippen molar-refractivity contribution in [2.75, 3.05) is 13.6 Å². The number of carbonyl (C=O) groups is 1. The number of likely N-dealkylation sites (N-methyl/N-ethyl adjacent to an activating group) is 1. The molecule has 0 spiro atoms. The van der Waals surface area contributed by atoms with E-state index in [0.29, 0.717) is 13.0 Å². The first-order valence-corrected chi connectivity index (χ1v) is 6.11. The van der Waals surface area contributed by atoms with E-state index < -0.39 is 12.1 Å². The highest BCUT2D eigenvalue weighted by Gasteiger charge is 2.10. The van der Waals surface area contributed by atoms with Gasteiger partial charge in [-0.2, -0.15) is 0 Å². The van der Waals surface area contributed by atoms with Gasteiger partial charge in [0.05, 0.1) is 6.10 Å². The molecule has 0 aliphatic carbocycles. The molecule has 0 radical (unpaired) electrons. The quantitative estimate of drug-likeness (QED) is 0.773. The molecule has 18 heavy (non-hydrogen) atoms. The zero-order chi connectivity index (χ0) is 13.5. The number of aliphatic hydroxyl groups excluding tert-OH is 1. The third-order valence-corrected chi connectivity index (χ3v) is 2.75. The molecule has 0 heterocycles. The topological polar surface area (TPSA) is 60.8 Å². The van der Waals surface area contributed by atoms with Crippen LogP contribution in [0.2, 0.25) is 0 Å².